The highest BCUT2D eigenvalue weighted by Crippen LogP contribution is 2.35. The zero-order valence-electron chi connectivity index (χ0n) is 12.5. The molecule has 2 aliphatic rings. The zero-order valence-corrected chi connectivity index (χ0v) is 12.5. The Hall–Kier alpha value is -2.44. The SMILES string of the molecule is O=C(CCN1C(=O)CCc2cc(F)ccc21)NC1(C(=O)O)CC1. The maximum atomic E-state index is 13.3. The summed E-state index contributed by atoms with van der Waals surface area (Å²) in [6, 6.07) is 4.23. The van der Waals surface area contributed by atoms with Crippen LogP contribution in [0.4, 0.5) is 10.1 Å². The van der Waals surface area contributed by atoms with Crippen LogP contribution in [0.15, 0.2) is 18.2 Å². The average Bonchev–Trinajstić information content (AvgIpc) is 3.27. The fraction of sp³-hybridized carbons (Fsp3) is 0.438. The van der Waals surface area contributed by atoms with Crippen LogP contribution in [0.2, 0.25) is 0 Å². The number of benzene rings is 1. The standard InChI is InChI=1S/C16H17FN2O4/c17-11-2-3-12-10(9-11)1-4-14(21)19(12)8-5-13(20)18-16(6-7-16)15(22)23/h2-3,9H,1,4-8H2,(H,18,20)(H,22,23). The number of fused-ring (bicyclic) bond motifs is 1. The van der Waals surface area contributed by atoms with Crippen LogP contribution in [0.1, 0.15) is 31.2 Å². The molecule has 1 aromatic carbocycles. The van der Waals surface area contributed by atoms with Gasteiger partial charge in [0, 0.05) is 25.1 Å². The van der Waals surface area contributed by atoms with E-state index in [4.69, 9.17) is 5.11 Å². The second-order valence-corrected chi connectivity index (χ2v) is 6.00. The smallest absolute Gasteiger partial charge is 0.329 e. The van der Waals surface area contributed by atoms with E-state index in [0.717, 1.165) is 5.56 Å². The normalized spacial score (nSPS) is 18.3. The minimum Gasteiger partial charge on any atom is -0.480 e. The molecule has 1 heterocycles. The number of aryl methyl sites for hydroxylation is 1. The van der Waals surface area contributed by atoms with E-state index in [2.05, 4.69) is 5.32 Å². The quantitative estimate of drug-likeness (QED) is 0.854. The molecule has 7 heteroatoms. The monoisotopic (exact) mass is 320 g/mol. The first-order valence-electron chi connectivity index (χ1n) is 7.54. The summed E-state index contributed by atoms with van der Waals surface area (Å²) in [5.41, 5.74) is 0.244. The number of carbonyl (C=O) groups excluding carboxylic acids is 2. The highest BCUT2D eigenvalue weighted by atomic mass is 19.1. The third kappa shape index (κ3) is 3.04. The molecular weight excluding hydrogens is 303 g/mol. The molecule has 1 aliphatic carbocycles. The molecule has 2 N–H and O–H groups in total. The van der Waals surface area contributed by atoms with Crippen LogP contribution in [0, 0.1) is 5.82 Å². The Kier molecular flexibility index (Phi) is 3.79. The van der Waals surface area contributed by atoms with Crippen molar-refractivity contribution >= 4 is 23.5 Å². The van der Waals surface area contributed by atoms with Crippen molar-refractivity contribution in [2.75, 3.05) is 11.4 Å². The number of aliphatic carboxylic acids is 1. The fourth-order valence-electron chi connectivity index (χ4n) is 2.83. The highest BCUT2D eigenvalue weighted by molar-refractivity contribution is 5.97. The van der Waals surface area contributed by atoms with Gasteiger partial charge in [0.05, 0.1) is 0 Å². The molecule has 1 fully saturated rings. The Balaban J connectivity index is 1.65. The maximum absolute atomic E-state index is 13.3. The molecule has 1 saturated carbocycles. The van der Waals surface area contributed by atoms with Crippen LogP contribution < -0.4 is 10.2 Å². The summed E-state index contributed by atoms with van der Waals surface area (Å²) < 4.78 is 13.3. The van der Waals surface area contributed by atoms with Gasteiger partial charge in [-0.05, 0) is 43.0 Å². The Bertz CT molecular complexity index is 685. The third-order valence-corrected chi connectivity index (χ3v) is 4.34. The van der Waals surface area contributed by atoms with Gasteiger partial charge in [-0.1, -0.05) is 0 Å². The first-order chi connectivity index (χ1) is 10.9. The number of nitrogens with one attached hydrogen (secondary N) is 1. The second-order valence-electron chi connectivity index (χ2n) is 6.00. The fourth-order valence-corrected chi connectivity index (χ4v) is 2.83. The highest BCUT2D eigenvalue weighted by Gasteiger charge is 2.51. The van der Waals surface area contributed by atoms with Gasteiger partial charge in [0.15, 0.2) is 0 Å². The Labute approximate surface area is 132 Å². The number of hydrogen-bond acceptors (Lipinski definition) is 3. The molecule has 0 radical (unpaired) electrons. The summed E-state index contributed by atoms with van der Waals surface area (Å²) in [6.07, 6.45) is 1.63. The van der Waals surface area contributed by atoms with Crippen LogP contribution >= 0.6 is 0 Å². The Morgan fingerprint density at radius 1 is 1.30 bits per heavy atom. The van der Waals surface area contributed by atoms with E-state index >= 15 is 0 Å². The van der Waals surface area contributed by atoms with Crippen LogP contribution in [-0.2, 0) is 20.8 Å². The van der Waals surface area contributed by atoms with Gasteiger partial charge < -0.3 is 15.3 Å². The molecule has 0 saturated heterocycles. The van der Waals surface area contributed by atoms with Crippen molar-refractivity contribution in [2.45, 2.75) is 37.6 Å². The van der Waals surface area contributed by atoms with Crippen molar-refractivity contribution in [3.63, 3.8) is 0 Å². The lowest BCUT2D eigenvalue weighted by Gasteiger charge is -2.29. The summed E-state index contributed by atoms with van der Waals surface area (Å²) >= 11 is 0. The van der Waals surface area contributed by atoms with Crippen molar-refractivity contribution < 1.29 is 23.9 Å². The summed E-state index contributed by atoms with van der Waals surface area (Å²) in [5.74, 6) is -1.89. The Morgan fingerprint density at radius 2 is 2.04 bits per heavy atom. The topological polar surface area (TPSA) is 86.7 Å². The molecule has 122 valence electrons. The number of carboxylic acid groups (broad SMARTS) is 1. The zero-order chi connectivity index (χ0) is 16.6. The predicted molar refractivity (Wildman–Crippen MR) is 79.4 cm³/mol. The van der Waals surface area contributed by atoms with Crippen molar-refractivity contribution in [3.05, 3.63) is 29.6 Å². The maximum Gasteiger partial charge on any atom is 0.329 e. The first-order valence-corrected chi connectivity index (χ1v) is 7.54. The molecular formula is C16H17FN2O4. The third-order valence-electron chi connectivity index (χ3n) is 4.34. The number of hydrogen-bond donors (Lipinski definition) is 2. The number of anilines is 1. The summed E-state index contributed by atoms with van der Waals surface area (Å²) in [7, 11) is 0. The lowest BCUT2D eigenvalue weighted by molar-refractivity contribution is -0.143. The van der Waals surface area contributed by atoms with Crippen molar-refractivity contribution in [1.29, 1.82) is 0 Å². The van der Waals surface area contributed by atoms with Gasteiger partial charge >= 0.3 is 5.97 Å². The van der Waals surface area contributed by atoms with Crippen LogP contribution in [0.5, 0.6) is 0 Å². The lowest BCUT2D eigenvalue weighted by atomic mass is 10.0. The van der Waals surface area contributed by atoms with E-state index in [-0.39, 0.29) is 31.1 Å². The number of carboxylic acids is 1. The summed E-state index contributed by atoms with van der Waals surface area (Å²) in [6.45, 7) is 0.152. The van der Waals surface area contributed by atoms with E-state index in [0.29, 0.717) is 24.9 Å². The van der Waals surface area contributed by atoms with Gasteiger partial charge in [0.25, 0.3) is 0 Å². The molecule has 0 atom stereocenters. The molecule has 0 spiro atoms. The van der Waals surface area contributed by atoms with Gasteiger partial charge in [0.2, 0.25) is 11.8 Å². The average molecular weight is 320 g/mol. The van der Waals surface area contributed by atoms with Gasteiger partial charge in [-0.25, -0.2) is 9.18 Å². The number of nitrogens with zero attached hydrogens (tertiary/aromatic N) is 1. The van der Waals surface area contributed by atoms with Crippen molar-refractivity contribution in [2.24, 2.45) is 0 Å². The van der Waals surface area contributed by atoms with Gasteiger partial charge in [-0.3, -0.25) is 9.59 Å². The van der Waals surface area contributed by atoms with Gasteiger partial charge in [0.1, 0.15) is 11.4 Å². The van der Waals surface area contributed by atoms with Gasteiger partial charge in [-0.2, -0.15) is 0 Å². The minimum absolute atomic E-state index is 0.0115. The van der Waals surface area contributed by atoms with E-state index in [1.165, 1.54) is 17.0 Å². The second kappa shape index (κ2) is 5.64. The lowest BCUT2D eigenvalue weighted by Crippen LogP contribution is -2.45. The molecule has 1 aliphatic heterocycles. The number of halogens is 1. The molecule has 0 aromatic heterocycles. The molecule has 0 bridgehead atoms. The molecule has 6 nitrogen and oxygen atoms in total. The van der Waals surface area contributed by atoms with E-state index in [1.54, 1.807) is 6.07 Å². The molecule has 1 aromatic rings. The van der Waals surface area contributed by atoms with Crippen molar-refractivity contribution in [3.8, 4) is 0 Å². The van der Waals surface area contributed by atoms with E-state index < -0.39 is 17.4 Å². The van der Waals surface area contributed by atoms with Crippen LogP contribution in [-0.4, -0.2) is 35.0 Å². The van der Waals surface area contributed by atoms with Crippen molar-refractivity contribution in [1.82, 2.24) is 5.32 Å². The first kappa shape index (κ1) is 15.5. The van der Waals surface area contributed by atoms with Crippen LogP contribution in [0.3, 0.4) is 0 Å². The Morgan fingerprint density at radius 3 is 2.70 bits per heavy atom. The largest absolute Gasteiger partial charge is 0.480 e. The molecule has 2 amide bonds. The predicted octanol–water partition coefficient (Wildman–Crippen LogP) is 1.23. The molecule has 23 heavy (non-hydrogen) atoms. The molecule has 3 rings (SSSR count). The van der Waals surface area contributed by atoms with E-state index in [1.807, 2.05) is 0 Å². The number of carbonyl (C=O) groups is 3. The summed E-state index contributed by atoms with van der Waals surface area (Å²) in [4.78, 5) is 36.5. The number of rotatable bonds is 5. The van der Waals surface area contributed by atoms with Crippen LogP contribution in [0.25, 0.3) is 0 Å². The summed E-state index contributed by atoms with van der Waals surface area (Å²) in [5, 5.41) is 11.6. The number of amides is 2. The van der Waals surface area contributed by atoms with E-state index in [9.17, 15) is 18.8 Å². The minimum atomic E-state index is -1.12. The molecule has 0 unspecified atom stereocenters. The van der Waals surface area contributed by atoms with Gasteiger partial charge in [-0.15, -0.1) is 0 Å².